The van der Waals surface area contributed by atoms with Gasteiger partial charge in [-0.2, -0.15) is 5.26 Å². The predicted molar refractivity (Wildman–Crippen MR) is 83.2 cm³/mol. The normalized spacial score (nSPS) is 18.0. The Balaban J connectivity index is 1.98. The molecular weight excluding hydrogens is 284 g/mol. The molecule has 0 aliphatic heterocycles. The molecule has 4 nitrogen and oxygen atoms in total. The third-order valence-corrected chi connectivity index (χ3v) is 5.62. The van der Waals surface area contributed by atoms with Gasteiger partial charge in [0.25, 0.3) is 0 Å². The van der Waals surface area contributed by atoms with Crippen LogP contribution in [0.4, 0.5) is 0 Å². The van der Waals surface area contributed by atoms with E-state index in [4.69, 9.17) is 5.26 Å². The SMILES string of the molecule is CC[C@H](Cc1ccc(C)cc1)NS(=O)(=O)CC1(C#N)CC1. The number of hydrogen-bond acceptors (Lipinski definition) is 3. The number of sulfonamides is 1. The zero-order valence-corrected chi connectivity index (χ0v) is 13.4. The second-order valence-electron chi connectivity index (χ2n) is 6.06. The van der Waals surface area contributed by atoms with Crippen LogP contribution in [0.1, 0.15) is 37.3 Å². The molecule has 0 heterocycles. The first-order valence-corrected chi connectivity index (χ1v) is 9.00. The molecule has 0 amide bonds. The van der Waals surface area contributed by atoms with Crippen LogP contribution in [0.3, 0.4) is 0 Å². The highest BCUT2D eigenvalue weighted by Crippen LogP contribution is 2.45. The smallest absolute Gasteiger partial charge is 0.212 e. The number of hydrogen-bond donors (Lipinski definition) is 1. The number of nitrogens with zero attached hydrogens (tertiary/aromatic N) is 1. The largest absolute Gasteiger partial charge is 0.213 e. The van der Waals surface area contributed by atoms with Crippen LogP contribution < -0.4 is 4.72 Å². The lowest BCUT2D eigenvalue weighted by Crippen LogP contribution is -2.39. The minimum Gasteiger partial charge on any atom is -0.212 e. The average Bonchev–Trinajstić information content (AvgIpc) is 3.19. The molecular formula is C16H22N2O2S. The van der Waals surface area contributed by atoms with Gasteiger partial charge in [-0.15, -0.1) is 0 Å². The van der Waals surface area contributed by atoms with Crippen molar-refractivity contribution >= 4 is 10.0 Å². The summed E-state index contributed by atoms with van der Waals surface area (Å²) in [7, 11) is -3.40. The van der Waals surface area contributed by atoms with E-state index in [1.54, 1.807) is 0 Å². The van der Waals surface area contributed by atoms with Crippen LogP contribution in [0.2, 0.25) is 0 Å². The quantitative estimate of drug-likeness (QED) is 0.841. The first kappa shape index (κ1) is 16.0. The van der Waals surface area contributed by atoms with E-state index in [0.29, 0.717) is 19.3 Å². The number of benzene rings is 1. The van der Waals surface area contributed by atoms with Crippen molar-refractivity contribution in [2.24, 2.45) is 5.41 Å². The van der Waals surface area contributed by atoms with Crippen LogP contribution in [-0.4, -0.2) is 20.2 Å². The fraction of sp³-hybridized carbons (Fsp3) is 0.562. The minimum absolute atomic E-state index is 0.0686. The van der Waals surface area contributed by atoms with Crippen LogP contribution in [0, 0.1) is 23.7 Å². The second-order valence-corrected chi connectivity index (χ2v) is 7.82. The van der Waals surface area contributed by atoms with E-state index in [0.717, 1.165) is 12.0 Å². The van der Waals surface area contributed by atoms with Crippen molar-refractivity contribution in [3.8, 4) is 6.07 Å². The van der Waals surface area contributed by atoms with Crippen molar-refractivity contribution in [1.82, 2.24) is 4.72 Å². The van der Waals surface area contributed by atoms with Gasteiger partial charge < -0.3 is 0 Å². The molecule has 0 saturated heterocycles. The molecule has 1 atom stereocenters. The summed E-state index contributed by atoms with van der Waals surface area (Å²) in [6, 6.07) is 10.1. The lowest BCUT2D eigenvalue weighted by Gasteiger charge is -2.18. The first-order chi connectivity index (χ1) is 9.88. The van der Waals surface area contributed by atoms with Gasteiger partial charge in [0.05, 0.1) is 17.2 Å². The molecule has 1 saturated carbocycles. The fourth-order valence-corrected chi connectivity index (χ4v) is 4.30. The molecule has 21 heavy (non-hydrogen) atoms. The fourth-order valence-electron chi connectivity index (χ4n) is 2.38. The van der Waals surface area contributed by atoms with Gasteiger partial charge in [0, 0.05) is 6.04 Å². The molecule has 1 N–H and O–H groups in total. The van der Waals surface area contributed by atoms with E-state index in [2.05, 4.69) is 10.8 Å². The van der Waals surface area contributed by atoms with Gasteiger partial charge in [0.15, 0.2) is 0 Å². The topological polar surface area (TPSA) is 70.0 Å². The summed E-state index contributed by atoms with van der Waals surface area (Å²) in [5.74, 6) is -0.0686. The molecule has 2 rings (SSSR count). The van der Waals surface area contributed by atoms with E-state index < -0.39 is 15.4 Å². The molecule has 114 valence electrons. The maximum Gasteiger partial charge on any atom is 0.213 e. The lowest BCUT2D eigenvalue weighted by molar-refractivity contribution is 0.529. The van der Waals surface area contributed by atoms with Gasteiger partial charge >= 0.3 is 0 Å². The van der Waals surface area contributed by atoms with Crippen molar-refractivity contribution in [2.75, 3.05) is 5.75 Å². The maximum absolute atomic E-state index is 12.2. The van der Waals surface area contributed by atoms with Crippen molar-refractivity contribution < 1.29 is 8.42 Å². The van der Waals surface area contributed by atoms with E-state index in [9.17, 15) is 8.42 Å². The molecule has 0 bridgehead atoms. The van der Waals surface area contributed by atoms with Crippen LogP contribution >= 0.6 is 0 Å². The Hall–Kier alpha value is -1.38. The van der Waals surface area contributed by atoms with Crippen LogP contribution in [0.25, 0.3) is 0 Å². The zero-order valence-electron chi connectivity index (χ0n) is 12.6. The highest BCUT2D eigenvalue weighted by Gasteiger charge is 2.47. The molecule has 0 aromatic heterocycles. The molecule has 1 aromatic carbocycles. The number of nitrogens with one attached hydrogen (secondary N) is 1. The lowest BCUT2D eigenvalue weighted by atomic mass is 10.0. The summed E-state index contributed by atoms with van der Waals surface area (Å²) in [4.78, 5) is 0. The first-order valence-electron chi connectivity index (χ1n) is 7.35. The molecule has 1 aromatic rings. The number of nitriles is 1. The Labute approximate surface area is 127 Å². The summed E-state index contributed by atoms with van der Waals surface area (Å²) < 4.78 is 27.2. The molecule has 1 aliphatic rings. The van der Waals surface area contributed by atoms with Gasteiger partial charge in [0.2, 0.25) is 10.0 Å². The van der Waals surface area contributed by atoms with E-state index >= 15 is 0 Å². The molecule has 0 unspecified atom stereocenters. The second kappa shape index (κ2) is 6.17. The summed E-state index contributed by atoms with van der Waals surface area (Å²) in [5, 5.41) is 9.03. The molecule has 1 aliphatic carbocycles. The Morgan fingerprint density at radius 2 is 1.95 bits per heavy atom. The Kier molecular flexibility index (Phi) is 4.70. The number of rotatable bonds is 7. The van der Waals surface area contributed by atoms with Crippen molar-refractivity contribution in [3.05, 3.63) is 35.4 Å². The molecule has 5 heteroatoms. The minimum atomic E-state index is -3.40. The van der Waals surface area contributed by atoms with Gasteiger partial charge in [-0.1, -0.05) is 36.8 Å². The van der Waals surface area contributed by atoms with E-state index in [1.165, 1.54) is 5.56 Å². The Morgan fingerprint density at radius 3 is 2.43 bits per heavy atom. The van der Waals surface area contributed by atoms with Crippen LogP contribution in [-0.2, 0) is 16.4 Å². The average molecular weight is 306 g/mol. The highest BCUT2D eigenvalue weighted by molar-refractivity contribution is 7.89. The summed E-state index contributed by atoms with van der Waals surface area (Å²) in [6.07, 6.45) is 2.79. The summed E-state index contributed by atoms with van der Waals surface area (Å²) >= 11 is 0. The number of aryl methyl sites for hydroxylation is 1. The van der Waals surface area contributed by atoms with Crippen molar-refractivity contribution in [3.63, 3.8) is 0 Å². The monoisotopic (exact) mass is 306 g/mol. The van der Waals surface area contributed by atoms with Crippen molar-refractivity contribution in [2.45, 2.75) is 45.6 Å². The van der Waals surface area contributed by atoms with Crippen LogP contribution in [0.15, 0.2) is 24.3 Å². The molecule has 0 radical (unpaired) electrons. The summed E-state index contributed by atoms with van der Waals surface area (Å²) in [6.45, 7) is 4.00. The third kappa shape index (κ3) is 4.55. The van der Waals surface area contributed by atoms with E-state index in [-0.39, 0.29) is 11.8 Å². The Bertz CT molecular complexity index is 625. The Morgan fingerprint density at radius 1 is 1.33 bits per heavy atom. The van der Waals surface area contributed by atoms with Crippen molar-refractivity contribution in [1.29, 1.82) is 5.26 Å². The highest BCUT2D eigenvalue weighted by atomic mass is 32.2. The molecule has 1 fully saturated rings. The van der Waals surface area contributed by atoms with E-state index in [1.807, 2.05) is 38.1 Å². The predicted octanol–water partition coefficient (Wildman–Crippen LogP) is 2.54. The van der Waals surface area contributed by atoms with Gasteiger partial charge in [-0.3, -0.25) is 0 Å². The van der Waals surface area contributed by atoms with Gasteiger partial charge in [-0.25, -0.2) is 13.1 Å². The standard InChI is InChI=1S/C16H22N2O2S/c1-3-15(10-14-6-4-13(2)5-7-14)18-21(19,20)12-16(11-17)8-9-16/h4-7,15,18H,3,8-10,12H2,1-2H3/t15-/m1/s1. The van der Waals surface area contributed by atoms with Crippen LogP contribution in [0.5, 0.6) is 0 Å². The van der Waals surface area contributed by atoms with Gasteiger partial charge in [0.1, 0.15) is 0 Å². The zero-order chi connectivity index (χ0) is 15.5. The summed E-state index contributed by atoms with van der Waals surface area (Å²) in [5.41, 5.74) is 1.68. The van der Waals surface area contributed by atoms with Gasteiger partial charge in [-0.05, 0) is 38.2 Å². The maximum atomic E-state index is 12.2. The third-order valence-electron chi connectivity index (χ3n) is 4.00. The molecule has 0 spiro atoms.